The molecule has 1 aromatic rings. The number of amides is 4. The number of nitrogens with one attached hydrogen (secondary N) is 3. The third-order valence-corrected chi connectivity index (χ3v) is 5.89. The molecule has 1 saturated heterocycles. The number of carbonyl (C=O) groups is 2. The summed E-state index contributed by atoms with van der Waals surface area (Å²) in [5.41, 5.74) is 1.68. The second-order valence-corrected chi connectivity index (χ2v) is 8.02. The van der Waals surface area contributed by atoms with Crippen LogP contribution in [0.4, 0.5) is 15.3 Å². The summed E-state index contributed by atoms with van der Waals surface area (Å²) in [6.07, 6.45) is 7.36. The van der Waals surface area contributed by atoms with E-state index in [4.69, 9.17) is 11.6 Å². The van der Waals surface area contributed by atoms with Gasteiger partial charge in [0.15, 0.2) is 0 Å². The molecule has 1 heterocycles. The van der Waals surface area contributed by atoms with Crippen molar-refractivity contribution < 1.29 is 9.59 Å². The van der Waals surface area contributed by atoms with Crippen molar-refractivity contribution in [2.24, 2.45) is 0 Å². The van der Waals surface area contributed by atoms with E-state index < -0.39 is 0 Å². The number of piperidine rings is 1. The molecule has 0 bridgehead atoms. The molecule has 4 amide bonds. The van der Waals surface area contributed by atoms with Gasteiger partial charge in [-0.15, -0.1) is 0 Å². The zero-order chi connectivity index (χ0) is 19.2. The highest BCUT2D eigenvalue weighted by atomic mass is 35.5. The quantitative estimate of drug-likeness (QED) is 0.718. The Morgan fingerprint density at radius 1 is 1.00 bits per heavy atom. The van der Waals surface area contributed by atoms with Gasteiger partial charge < -0.3 is 20.9 Å². The van der Waals surface area contributed by atoms with Gasteiger partial charge in [0.25, 0.3) is 0 Å². The van der Waals surface area contributed by atoms with Crippen LogP contribution in [0, 0.1) is 6.92 Å². The second-order valence-electron chi connectivity index (χ2n) is 7.61. The summed E-state index contributed by atoms with van der Waals surface area (Å²) in [7, 11) is 0. The predicted octanol–water partition coefficient (Wildman–Crippen LogP) is 4.28. The highest BCUT2D eigenvalue weighted by molar-refractivity contribution is 6.31. The number of urea groups is 2. The van der Waals surface area contributed by atoms with Gasteiger partial charge >= 0.3 is 12.1 Å². The van der Waals surface area contributed by atoms with Gasteiger partial charge in [0.1, 0.15) is 0 Å². The van der Waals surface area contributed by atoms with Crippen LogP contribution in [-0.4, -0.2) is 42.1 Å². The number of carbonyl (C=O) groups excluding carboxylic acids is 2. The number of anilines is 1. The number of hydrogen-bond donors (Lipinski definition) is 3. The molecule has 1 saturated carbocycles. The van der Waals surface area contributed by atoms with Crippen molar-refractivity contribution in [3.05, 3.63) is 28.8 Å². The summed E-state index contributed by atoms with van der Waals surface area (Å²) in [5, 5.41) is 9.68. The van der Waals surface area contributed by atoms with Gasteiger partial charge in [0.2, 0.25) is 0 Å². The molecular formula is C20H29ClN4O2. The summed E-state index contributed by atoms with van der Waals surface area (Å²) in [4.78, 5) is 26.4. The van der Waals surface area contributed by atoms with Crippen LogP contribution in [0.5, 0.6) is 0 Å². The molecule has 6 nitrogen and oxygen atoms in total. The van der Waals surface area contributed by atoms with Crippen molar-refractivity contribution in [1.82, 2.24) is 15.5 Å². The maximum absolute atomic E-state index is 12.4. The lowest BCUT2D eigenvalue weighted by Gasteiger charge is -2.33. The molecule has 0 radical (unpaired) electrons. The van der Waals surface area contributed by atoms with Crippen LogP contribution in [-0.2, 0) is 0 Å². The monoisotopic (exact) mass is 392 g/mol. The van der Waals surface area contributed by atoms with Gasteiger partial charge in [-0.25, -0.2) is 9.59 Å². The van der Waals surface area contributed by atoms with Gasteiger partial charge in [-0.2, -0.15) is 0 Å². The van der Waals surface area contributed by atoms with E-state index >= 15 is 0 Å². The van der Waals surface area contributed by atoms with Gasteiger partial charge in [0, 0.05) is 35.9 Å². The molecule has 1 aliphatic carbocycles. The number of aryl methyl sites for hydroxylation is 1. The Balaban J connectivity index is 1.40. The Bertz CT molecular complexity index is 668. The SMILES string of the molecule is Cc1ccc(NC(=O)N2CCC(NC(=O)NC3CCCCC3)CC2)cc1Cl. The molecule has 0 aromatic heterocycles. The third-order valence-electron chi connectivity index (χ3n) is 5.48. The highest BCUT2D eigenvalue weighted by Gasteiger charge is 2.25. The Morgan fingerprint density at radius 3 is 2.26 bits per heavy atom. The standard InChI is InChI=1S/C20H29ClN4O2/c1-14-7-8-17(13-18(14)21)24-20(27)25-11-9-16(10-12-25)23-19(26)22-15-5-3-2-4-6-15/h7-8,13,15-16H,2-6,9-12H2,1H3,(H,24,27)(H2,22,23,26). The van der Waals surface area contributed by atoms with Crippen molar-refractivity contribution >= 4 is 29.4 Å². The summed E-state index contributed by atoms with van der Waals surface area (Å²) < 4.78 is 0. The molecule has 1 aliphatic heterocycles. The van der Waals surface area contributed by atoms with Gasteiger partial charge in [-0.1, -0.05) is 36.9 Å². The number of halogens is 1. The van der Waals surface area contributed by atoms with Crippen LogP contribution < -0.4 is 16.0 Å². The van der Waals surface area contributed by atoms with E-state index in [0.29, 0.717) is 29.8 Å². The van der Waals surface area contributed by atoms with Crippen LogP contribution in [0.1, 0.15) is 50.5 Å². The number of hydrogen-bond acceptors (Lipinski definition) is 2. The van der Waals surface area contributed by atoms with E-state index in [-0.39, 0.29) is 18.1 Å². The smallest absolute Gasteiger partial charge is 0.321 e. The lowest BCUT2D eigenvalue weighted by Crippen LogP contribution is -2.51. The van der Waals surface area contributed by atoms with E-state index in [0.717, 1.165) is 31.2 Å². The summed E-state index contributed by atoms with van der Waals surface area (Å²) in [5.74, 6) is 0. The summed E-state index contributed by atoms with van der Waals surface area (Å²) in [6, 6.07) is 5.73. The molecule has 0 spiro atoms. The third kappa shape index (κ3) is 5.76. The normalized spacial score (nSPS) is 18.8. The van der Waals surface area contributed by atoms with Crippen molar-refractivity contribution in [2.75, 3.05) is 18.4 Å². The zero-order valence-electron chi connectivity index (χ0n) is 15.9. The maximum atomic E-state index is 12.4. The molecule has 27 heavy (non-hydrogen) atoms. The van der Waals surface area contributed by atoms with Crippen LogP contribution >= 0.6 is 11.6 Å². The largest absolute Gasteiger partial charge is 0.335 e. The number of likely N-dealkylation sites (tertiary alicyclic amines) is 1. The van der Waals surface area contributed by atoms with Gasteiger partial charge in [-0.05, 0) is 50.3 Å². The molecule has 0 atom stereocenters. The minimum atomic E-state index is -0.125. The minimum Gasteiger partial charge on any atom is -0.335 e. The Hall–Kier alpha value is -1.95. The topological polar surface area (TPSA) is 73.5 Å². The van der Waals surface area contributed by atoms with Crippen LogP contribution in [0.3, 0.4) is 0 Å². The fraction of sp³-hybridized carbons (Fsp3) is 0.600. The van der Waals surface area contributed by atoms with E-state index in [1.54, 1.807) is 11.0 Å². The fourth-order valence-electron chi connectivity index (χ4n) is 3.76. The van der Waals surface area contributed by atoms with Gasteiger partial charge in [-0.3, -0.25) is 0 Å². The van der Waals surface area contributed by atoms with Crippen LogP contribution in [0.15, 0.2) is 18.2 Å². The Labute approximate surface area is 166 Å². The van der Waals surface area contributed by atoms with Crippen molar-refractivity contribution in [2.45, 2.75) is 64.0 Å². The fourth-order valence-corrected chi connectivity index (χ4v) is 3.94. The molecule has 3 rings (SSSR count). The van der Waals surface area contributed by atoms with Crippen LogP contribution in [0.25, 0.3) is 0 Å². The van der Waals surface area contributed by atoms with E-state index in [1.165, 1.54) is 19.3 Å². The van der Waals surface area contributed by atoms with Crippen molar-refractivity contribution in [1.29, 1.82) is 0 Å². The Morgan fingerprint density at radius 2 is 1.63 bits per heavy atom. The number of nitrogens with zero attached hydrogens (tertiary/aromatic N) is 1. The molecule has 2 fully saturated rings. The molecule has 148 valence electrons. The molecule has 7 heteroatoms. The molecule has 2 aliphatic rings. The average Bonchev–Trinajstić information content (AvgIpc) is 2.66. The maximum Gasteiger partial charge on any atom is 0.321 e. The molecule has 1 aromatic carbocycles. The molecule has 3 N–H and O–H groups in total. The predicted molar refractivity (Wildman–Crippen MR) is 108 cm³/mol. The minimum absolute atomic E-state index is 0.0703. The first kappa shape index (κ1) is 19.8. The second kappa shape index (κ2) is 9.31. The number of benzene rings is 1. The highest BCUT2D eigenvalue weighted by Crippen LogP contribution is 2.21. The van der Waals surface area contributed by atoms with Crippen molar-refractivity contribution in [3.8, 4) is 0 Å². The first-order valence-corrected chi connectivity index (χ1v) is 10.3. The van der Waals surface area contributed by atoms with E-state index in [2.05, 4.69) is 16.0 Å². The summed E-state index contributed by atoms with van der Waals surface area (Å²) >= 11 is 6.11. The lowest BCUT2D eigenvalue weighted by molar-refractivity contribution is 0.186. The zero-order valence-corrected chi connectivity index (χ0v) is 16.6. The van der Waals surface area contributed by atoms with Crippen LogP contribution in [0.2, 0.25) is 5.02 Å². The summed E-state index contributed by atoms with van der Waals surface area (Å²) in [6.45, 7) is 3.18. The molecule has 0 unspecified atom stereocenters. The lowest BCUT2D eigenvalue weighted by atomic mass is 9.96. The average molecular weight is 393 g/mol. The van der Waals surface area contributed by atoms with Gasteiger partial charge in [0.05, 0.1) is 0 Å². The molecular weight excluding hydrogens is 364 g/mol. The Kier molecular flexibility index (Phi) is 6.83. The van der Waals surface area contributed by atoms with Crippen molar-refractivity contribution in [3.63, 3.8) is 0 Å². The first-order valence-electron chi connectivity index (χ1n) is 9.90. The van der Waals surface area contributed by atoms with E-state index in [1.807, 2.05) is 19.1 Å². The van der Waals surface area contributed by atoms with E-state index in [9.17, 15) is 9.59 Å². The number of rotatable bonds is 3. The first-order chi connectivity index (χ1) is 13.0.